The summed E-state index contributed by atoms with van der Waals surface area (Å²) in [6.45, 7) is 1.98. The van der Waals surface area contributed by atoms with Gasteiger partial charge >= 0.3 is 5.97 Å². The van der Waals surface area contributed by atoms with Crippen molar-refractivity contribution in [1.29, 1.82) is 0 Å². The van der Waals surface area contributed by atoms with Gasteiger partial charge in [-0.05, 0) is 41.8 Å². The first-order valence-electron chi connectivity index (χ1n) is 8.35. The van der Waals surface area contributed by atoms with Crippen molar-refractivity contribution in [3.8, 4) is 0 Å². The number of hydrogen-bond acceptors (Lipinski definition) is 4. The van der Waals surface area contributed by atoms with E-state index in [4.69, 9.17) is 4.74 Å². The number of piperidine rings is 1. The number of nitrogens with zero attached hydrogens (tertiary/aromatic N) is 1. The highest BCUT2D eigenvalue weighted by atomic mass is 32.1. The highest BCUT2D eigenvalue weighted by molar-refractivity contribution is 7.08. The molecule has 0 radical (unpaired) electrons. The molecule has 0 saturated carbocycles. The Morgan fingerprint density at radius 1 is 1.26 bits per heavy atom. The Labute approximate surface area is 139 Å². The largest absolute Gasteiger partial charge is 0.450 e. The molecule has 0 N–H and O–H groups in total. The predicted molar refractivity (Wildman–Crippen MR) is 90.4 cm³/mol. The molecule has 3 saturated heterocycles. The van der Waals surface area contributed by atoms with Crippen LogP contribution in [0.5, 0.6) is 0 Å². The number of fused-ring (bicyclic) bond motifs is 4. The molecular formula is C19H19NO2S. The van der Waals surface area contributed by atoms with Gasteiger partial charge in [-0.3, -0.25) is 9.69 Å². The summed E-state index contributed by atoms with van der Waals surface area (Å²) in [7, 11) is 0. The van der Waals surface area contributed by atoms with Gasteiger partial charge in [0.05, 0.1) is 6.04 Å². The van der Waals surface area contributed by atoms with Crippen LogP contribution in [-0.4, -0.2) is 35.6 Å². The average molecular weight is 325 g/mol. The molecule has 3 fully saturated rings. The zero-order chi connectivity index (χ0) is 15.5. The van der Waals surface area contributed by atoms with Crippen molar-refractivity contribution in [3.63, 3.8) is 0 Å². The van der Waals surface area contributed by atoms with Gasteiger partial charge in [-0.2, -0.15) is 11.3 Å². The summed E-state index contributed by atoms with van der Waals surface area (Å²) < 4.78 is 6.15. The lowest BCUT2D eigenvalue weighted by atomic mass is 9.64. The van der Waals surface area contributed by atoms with Gasteiger partial charge in [-0.1, -0.05) is 36.8 Å². The molecule has 0 amide bonds. The van der Waals surface area contributed by atoms with Crippen molar-refractivity contribution in [1.82, 2.24) is 4.90 Å². The minimum absolute atomic E-state index is 0.104. The first-order chi connectivity index (χ1) is 11.3. The van der Waals surface area contributed by atoms with E-state index in [1.807, 2.05) is 23.6 Å². The van der Waals surface area contributed by atoms with E-state index in [-0.39, 0.29) is 5.97 Å². The zero-order valence-electron chi connectivity index (χ0n) is 12.9. The number of thiophene rings is 1. The molecule has 3 aliphatic heterocycles. The van der Waals surface area contributed by atoms with E-state index in [1.165, 1.54) is 12.8 Å². The van der Waals surface area contributed by atoms with Crippen molar-refractivity contribution in [2.75, 3.05) is 13.1 Å². The number of hydrogen-bond donors (Lipinski definition) is 0. The Morgan fingerprint density at radius 2 is 2.22 bits per heavy atom. The van der Waals surface area contributed by atoms with Crippen molar-refractivity contribution < 1.29 is 9.53 Å². The lowest BCUT2D eigenvalue weighted by molar-refractivity contribution is -0.180. The quantitative estimate of drug-likeness (QED) is 0.743. The minimum Gasteiger partial charge on any atom is -0.450 e. The summed E-state index contributed by atoms with van der Waals surface area (Å²) in [5.41, 5.74) is 1.04. The van der Waals surface area contributed by atoms with E-state index in [9.17, 15) is 4.79 Å². The third-order valence-corrected chi connectivity index (χ3v) is 6.56. The van der Waals surface area contributed by atoms with Gasteiger partial charge in [0.15, 0.2) is 5.60 Å². The Kier molecular flexibility index (Phi) is 2.80. The fraction of sp³-hybridized carbons (Fsp3) is 0.421. The maximum Gasteiger partial charge on any atom is 0.325 e. The van der Waals surface area contributed by atoms with E-state index in [0.29, 0.717) is 6.04 Å². The average Bonchev–Trinajstić information content (AvgIpc) is 3.08. The molecule has 3 nitrogen and oxygen atoms in total. The smallest absolute Gasteiger partial charge is 0.325 e. The summed E-state index contributed by atoms with van der Waals surface area (Å²) in [6.07, 6.45) is 13.8. The van der Waals surface area contributed by atoms with Crippen molar-refractivity contribution in [3.05, 3.63) is 58.3 Å². The normalized spacial score (nSPS) is 38.5. The number of rotatable bonds is 1. The van der Waals surface area contributed by atoms with Gasteiger partial charge in [0.25, 0.3) is 0 Å². The van der Waals surface area contributed by atoms with Gasteiger partial charge in [-0.15, -0.1) is 0 Å². The third kappa shape index (κ3) is 1.60. The minimum atomic E-state index is -0.729. The summed E-state index contributed by atoms with van der Waals surface area (Å²) >= 11 is 1.63. The molecule has 1 aliphatic carbocycles. The monoisotopic (exact) mass is 325 g/mol. The molecule has 4 heterocycles. The van der Waals surface area contributed by atoms with Gasteiger partial charge in [0, 0.05) is 12.1 Å². The molecule has 23 heavy (non-hydrogen) atoms. The van der Waals surface area contributed by atoms with Crippen LogP contribution in [0.3, 0.4) is 0 Å². The molecule has 1 spiro atoms. The van der Waals surface area contributed by atoms with Gasteiger partial charge in [0.2, 0.25) is 0 Å². The molecule has 4 heteroatoms. The molecule has 118 valence electrons. The first-order valence-corrected chi connectivity index (χ1v) is 9.29. The molecular weight excluding hydrogens is 306 g/mol. The number of carbonyl (C=O) groups excluding carboxylic acids is 1. The van der Waals surface area contributed by atoms with Crippen LogP contribution in [0.4, 0.5) is 0 Å². The third-order valence-electron chi connectivity index (χ3n) is 5.88. The molecule has 3 atom stereocenters. The number of ether oxygens (including phenoxy) is 1. The van der Waals surface area contributed by atoms with Crippen LogP contribution in [-0.2, 0) is 14.9 Å². The Balaban J connectivity index is 1.68. The number of esters is 1. The van der Waals surface area contributed by atoms with Crippen LogP contribution in [0, 0.1) is 0 Å². The highest BCUT2D eigenvalue weighted by Gasteiger charge is 2.69. The van der Waals surface area contributed by atoms with Crippen molar-refractivity contribution in [2.24, 2.45) is 0 Å². The predicted octanol–water partition coefficient (Wildman–Crippen LogP) is 3.20. The highest BCUT2D eigenvalue weighted by Crippen LogP contribution is 2.57. The fourth-order valence-electron chi connectivity index (χ4n) is 4.82. The second kappa shape index (κ2) is 4.68. The van der Waals surface area contributed by atoms with Crippen LogP contribution < -0.4 is 0 Å². The van der Waals surface area contributed by atoms with Crippen LogP contribution >= 0.6 is 11.3 Å². The molecule has 4 aliphatic rings. The van der Waals surface area contributed by atoms with Crippen LogP contribution in [0.1, 0.15) is 24.8 Å². The molecule has 1 aromatic rings. The standard InChI is InChI=1S/C19H19NO2S/c21-17-18(14-8-11-23-12-14)9-4-1-2-6-15(18)19(22-17)13-20-10-5-3-7-16(19)20/h1-2,4,6,8-9,11-12,16H,3,5,7,10,13H2/t16-,18-,19+/m0/s1. The molecule has 0 bridgehead atoms. The first kappa shape index (κ1) is 13.8. The van der Waals surface area contributed by atoms with Crippen LogP contribution in [0.25, 0.3) is 0 Å². The number of carbonyl (C=O) groups is 1. The van der Waals surface area contributed by atoms with Crippen molar-refractivity contribution in [2.45, 2.75) is 36.3 Å². The Morgan fingerprint density at radius 3 is 3.04 bits per heavy atom. The molecule has 1 aromatic heterocycles. The maximum absolute atomic E-state index is 13.1. The topological polar surface area (TPSA) is 29.5 Å². The van der Waals surface area contributed by atoms with Crippen LogP contribution in [0.2, 0.25) is 0 Å². The van der Waals surface area contributed by atoms with E-state index in [0.717, 1.165) is 30.6 Å². The van der Waals surface area contributed by atoms with Gasteiger partial charge < -0.3 is 4.74 Å². The van der Waals surface area contributed by atoms with E-state index < -0.39 is 11.0 Å². The number of allylic oxidation sites excluding steroid dienone is 4. The summed E-state index contributed by atoms with van der Waals surface area (Å²) in [4.78, 5) is 15.6. The van der Waals surface area contributed by atoms with E-state index in [2.05, 4.69) is 28.5 Å². The lowest BCUT2D eigenvalue weighted by Crippen LogP contribution is -2.71. The fourth-order valence-corrected chi connectivity index (χ4v) is 5.53. The van der Waals surface area contributed by atoms with Gasteiger partial charge in [-0.25, -0.2) is 0 Å². The van der Waals surface area contributed by atoms with Crippen molar-refractivity contribution >= 4 is 17.3 Å². The molecule has 0 unspecified atom stereocenters. The maximum atomic E-state index is 13.1. The Hall–Kier alpha value is -1.65. The zero-order valence-corrected chi connectivity index (χ0v) is 13.7. The SMILES string of the molecule is O=C1O[C@]2(CN3CCCC[C@H]32)C2=CC=CC=C[C@@]12c1ccsc1. The Bertz CT molecular complexity index is 747. The summed E-state index contributed by atoms with van der Waals surface area (Å²) in [5.74, 6) is -0.104. The lowest BCUT2D eigenvalue weighted by Gasteiger charge is -2.57. The van der Waals surface area contributed by atoms with Gasteiger partial charge in [0.1, 0.15) is 5.41 Å². The molecule has 0 aromatic carbocycles. The van der Waals surface area contributed by atoms with E-state index >= 15 is 0 Å². The van der Waals surface area contributed by atoms with E-state index in [1.54, 1.807) is 11.3 Å². The second-order valence-corrected chi connectivity index (χ2v) is 7.69. The summed E-state index contributed by atoms with van der Waals surface area (Å²) in [6, 6.07) is 2.41. The summed E-state index contributed by atoms with van der Waals surface area (Å²) in [5, 5.41) is 4.13. The second-order valence-electron chi connectivity index (χ2n) is 6.91. The molecule has 5 rings (SSSR count). The van der Waals surface area contributed by atoms with Crippen LogP contribution in [0.15, 0.2) is 52.8 Å².